The summed E-state index contributed by atoms with van der Waals surface area (Å²) in [6, 6.07) is 4.86. The molecule has 0 spiro atoms. The Labute approximate surface area is 106 Å². The summed E-state index contributed by atoms with van der Waals surface area (Å²) in [7, 11) is 0. The van der Waals surface area contributed by atoms with E-state index in [2.05, 4.69) is 4.98 Å². The second kappa shape index (κ2) is 4.89. The molecule has 0 aliphatic carbocycles. The zero-order chi connectivity index (χ0) is 12.4. The molecule has 2 N–H and O–H groups in total. The molecule has 2 rings (SSSR count). The molecule has 0 saturated heterocycles. The molecule has 0 saturated carbocycles. The van der Waals surface area contributed by atoms with Crippen LogP contribution in [0.2, 0.25) is 5.02 Å². The number of rotatable bonds is 2. The van der Waals surface area contributed by atoms with E-state index in [9.17, 15) is 8.78 Å². The molecule has 0 unspecified atom stereocenters. The van der Waals surface area contributed by atoms with Gasteiger partial charge in [-0.1, -0.05) is 23.4 Å². The lowest BCUT2D eigenvalue weighted by atomic mass is 10.3. The summed E-state index contributed by atoms with van der Waals surface area (Å²) in [5.41, 5.74) is 6.04. The first kappa shape index (κ1) is 12.1. The van der Waals surface area contributed by atoms with Crippen molar-refractivity contribution in [2.75, 3.05) is 5.73 Å². The first-order chi connectivity index (χ1) is 8.06. The van der Waals surface area contributed by atoms with Crippen LogP contribution in [0.3, 0.4) is 0 Å². The summed E-state index contributed by atoms with van der Waals surface area (Å²) in [5.74, 6) is -1.27. The number of nitrogens with two attached hydrogens (primary N) is 1. The van der Waals surface area contributed by atoms with E-state index in [4.69, 9.17) is 17.3 Å². The van der Waals surface area contributed by atoms with E-state index in [-0.39, 0.29) is 4.90 Å². The van der Waals surface area contributed by atoms with Crippen LogP contribution in [-0.4, -0.2) is 4.98 Å². The van der Waals surface area contributed by atoms with E-state index in [0.29, 0.717) is 15.7 Å². The number of nitrogen functional groups attached to an aromatic ring is 1. The zero-order valence-electron chi connectivity index (χ0n) is 8.45. The first-order valence-corrected chi connectivity index (χ1v) is 5.79. The molecule has 0 atom stereocenters. The Balaban J connectivity index is 2.31. The fourth-order valence-corrected chi connectivity index (χ4v) is 2.14. The number of benzene rings is 1. The molecule has 0 aliphatic rings. The van der Waals surface area contributed by atoms with Crippen molar-refractivity contribution >= 4 is 29.1 Å². The van der Waals surface area contributed by atoms with Gasteiger partial charge in [-0.2, -0.15) is 0 Å². The fraction of sp³-hybridized carbons (Fsp3) is 0. The molecule has 1 heterocycles. The van der Waals surface area contributed by atoms with E-state index in [0.717, 1.165) is 17.8 Å². The smallest absolute Gasteiger partial charge is 0.140 e. The van der Waals surface area contributed by atoms with Crippen molar-refractivity contribution in [1.29, 1.82) is 0 Å². The monoisotopic (exact) mass is 272 g/mol. The maximum absolute atomic E-state index is 13.4. The minimum atomic E-state index is -0.647. The summed E-state index contributed by atoms with van der Waals surface area (Å²) in [5, 5.41) is 0.839. The van der Waals surface area contributed by atoms with Gasteiger partial charge in [0.2, 0.25) is 0 Å². The van der Waals surface area contributed by atoms with E-state index >= 15 is 0 Å². The van der Waals surface area contributed by atoms with Crippen LogP contribution in [0, 0.1) is 11.6 Å². The second-order valence-electron chi connectivity index (χ2n) is 3.22. The number of nitrogens with zero attached hydrogens (tertiary/aromatic N) is 1. The maximum Gasteiger partial charge on any atom is 0.140 e. The van der Waals surface area contributed by atoms with Crippen LogP contribution in [-0.2, 0) is 0 Å². The predicted octanol–water partition coefficient (Wildman–Crippen LogP) is 3.75. The normalized spacial score (nSPS) is 10.5. The van der Waals surface area contributed by atoms with E-state index in [1.54, 1.807) is 0 Å². The summed E-state index contributed by atoms with van der Waals surface area (Å²) >= 11 is 6.72. The topological polar surface area (TPSA) is 38.9 Å². The molecular weight excluding hydrogens is 266 g/mol. The van der Waals surface area contributed by atoms with Crippen LogP contribution in [0.4, 0.5) is 14.5 Å². The molecule has 2 aromatic rings. The standard InChI is InChI=1S/C11H7ClF2N2S/c12-6-3-9(15)11(16-5-6)17-10-2-1-7(13)4-8(10)14/h1-5H,15H2. The number of aromatic nitrogens is 1. The Hall–Kier alpha value is -1.33. The number of anilines is 1. The lowest BCUT2D eigenvalue weighted by Gasteiger charge is -2.05. The molecule has 0 bridgehead atoms. The van der Waals surface area contributed by atoms with Crippen molar-refractivity contribution in [2.24, 2.45) is 0 Å². The highest BCUT2D eigenvalue weighted by Crippen LogP contribution is 2.33. The molecule has 6 heteroatoms. The van der Waals surface area contributed by atoms with Gasteiger partial charge in [0.05, 0.1) is 10.7 Å². The Morgan fingerprint density at radius 3 is 2.65 bits per heavy atom. The van der Waals surface area contributed by atoms with Crippen molar-refractivity contribution < 1.29 is 8.78 Å². The van der Waals surface area contributed by atoms with Crippen molar-refractivity contribution in [2.45, 2.75) is 9.92 Å². The SMILES string of the molecule is Nc1cc(Cl)cnc1Sc1ccc(F)cc1F. The summed E-state index contributed by atoms with van der Waals surface area (Å²) in [6.07, 6.45) is 1.42. The van der Waals surface area contributed by atoms with Gasteiger partial charge in [0, 0.05) is 17.2 Å². The van der Waals surface area contributed by atoms with E-state index < -0.39 is 11.6 Å². The predicted molar refractivity (Wildman–Crippen MR) is 64.1 cm³/mol. The highest BCUT2D eigenvalue weighted by atomic mass is 35.5. The van der Waals surface area contributed by atoms with Gasteiger partial charge in [0.1, 0.15) is 16.7 Å². The van der Waals surface area contributed by atoms with E-state index in [1.165, 1.54) is 24.4 Å². The minimum Gasteiger partial charge on any atom is -0.396 e. The van der Waals surface area contributed by atoms with E-state index in [1.807, 2.05) is 0 Å². The Morgan fingerprint density at radius 1 is 1.24 bits per heavy atom. The van der Waals surface area contributed by atoms with Gasteiger partial charge in [-0.25, -0.2) is 13.8 Å². The highest BCUT2D eigenvalue weighted by Gasteiger charge is 2.09. The number of halogens is 3. The molecule has 2 nitrogen and oxygen atoms in total. The third-order valence-corrected chi connectivity index (χ3v) is 3.24. The van der Waals surface area contributed by atoms with Gasteiger partial charge in [0.15, 0.2) is 0 Å². The molecule has 1 aromatic carbocycles. The Kier molecular flexibility index (Phi) is 3.49. The first-order valence-electron chi connectivity index (χ1n) is 4.60. The van der Waals surface area contributed by atoms with Crippen LogP contribution in [0.25, 0.3) is 0 Å². The number of hydrogen-bond donors (Lipinski definition) is 1. The van der Waals surface area contributed by atoms with Gasteiger partial charge < -0.3 is 5.73 Å². The molecule has 0 fully saturated rings. The Morgan fingerprint density at radius 2 is 2.00 bits per heavy atom. The van der Waals surface area contributed by atoms with Crippen LogP contribution in [0.1, 0.15) is 0 Å². The summed E-state index contributed by atoms with van der Waals surface area (Å²) < 4.78 is 26.1. The summed E-state index contributed by atoms with van der Waals surface area (Å²) in [4.78, 5) is 4.24. The van der Waals surface area contributed by atoms with Crippen molar-refractivity contribution in [1.82, 2.24) is 4.98 Å². The fourth-order valence-electron chi connectivity index (χ4n) is 1.19. The molecule has 0 aliphatic heterocycles. The van der Waals surface area contributed by atoms with Crippen LogP contribution in [0.5, 0.6) is 0 Å². The molecule has 0 radical (unpaired) electrons. The van der Waals surface area contributed by atoms with Gasteiger partial charge in [-0.3, -0.25) is 0 Å². The largest absolute Gasteiger partial charge is 0.396 e. The molecule has 1 aromatic heterocycles. The van der Waals surface area contributed by atoms with Crippen molar-refractivity contribution in [3.05, 3.63) is 47.1 Å². The third-order valence-electron chi connectivity index (χ3n) is 1.95. The molecule has 17 heavy (non-hydrogen) atoms. The average Bonchev–Trinajstić information content (AvgIpc) is 2.25. The third kappa shape index (κ3) is 2.87. The molecular formula is C11H7ClF2N2S. The zero-order valence-corrected chi connectivity index (χ0v) is 10.0. The number of hydrogen-bond acceptors (Lipinski definition) is 3. The van der Waals surface area contributed by atoms with Crippen molar-refractivity contribution in [3.8, 4) is 0 Å². The van der Waals surface area contributed by atoms with Crippen molar-refractivity contribution in [3.63, 3.8) is 0 Å². The summed E-state index contributed by atoms with van der Waals surface area (Å²) in [6.45, 7) is 0. The quantitative estimate of drug-likeness (QED) is 0.905. The average molecular weight is 273 g/mol. The molecule has 88 valence electrons. The lowest BCUT2D eigenvalue weighted by Crippen LogP contribution is -1.92. The van der Waals surface area contributed by atoms with Crippen LogP contribution < -0.4 is 5.73 Å². The minimum absolute atomic E-state index is 0.257. The lowest BCUT2D eigenvalue weighted by molar-refractivity contribution is 0.565. The van der Waals surface area contributed by atoms with Gasteiger partial charge >= 0.3 is 0 Å². The van der Waals surface area contributed by atoms with Gasteiger partial charge in [-0.05, 0) is 18.2 Å². The molecule has 0 amide bonds. The van der Waals surface area contributed by atoms with Crippen LogP contribution >= 0.6 is 23.4 Å². The highest BCUT2D eigenvalue weighted by molar-refractivity contribution is 7.99. The Bertz CT molecular complexity index is 514. The maximum atomic E-state index is 13.4. The number of pyridine rings is 1. The second-order valence-corrected chi connectivity index (χ2v) is 4.69. The van der Waals surface area contributed by atoms with Gasteiger partial charge in [-0.15, -0.1) is 0 Å². The van der Waals surface area contributed by atoms with Gasteiger partial charge in [0.25, 0.3) is 0 Å². The van der Waals surface area contributed by atoms with Crippen LogP contribution in [0.15, 0.2) is 40.4 Å².